The van der Waals surface area contributed by atoms with Crippen LogP contribution in [0.4, 0.5) is 9.80 Å². The maximum absolute atomic E-state index is 11.7. The van der Waals surface area contributed by atoms with Crippen molar-refractivity contribution in [1.82, 2.24) is 4.37 Å². The van der Waals surface area contributed by atoms with Gasteiger partial charge in [0, 0.05) is 0 Å². The molecule has 1 unspecified atom stereocenters. The molecule has 1 amide bonds. The summed E-state index contributed by atoms with van der Waals surface area (Å²) in [6.45, 7) is 4.22. The molecule has 5 heteroatoms. The van der Waals surface area contributed by atoms with Gasteiger partial charge in [-0.1, -0.05) is 32.0 Å². The maximum Gasteiger partial charge on any atom is 0.417 e. The van der Waals surface area contributed by atoms with Crippen molar-refractivity contribution < 1.29 is 9.53 Å². The van der Waals surface area contributed by atoms with Crippen molar-refractivity contribution in [2.24, 2.45) is 0 Å². The minimum atomic E-state index is -0.495. The molecule has 1 N–H and O–H groups in total. The molecular weight excluding hydrogens is 260 g/mol. The fourth-order valence-corrected chi connectivity index (χ4v) is 2.25. The fourth-order valence-electron chi connectivity index (χ4n) is 1.51. The molecule has 0 aliphatic rings. The smallest absolute Gasteiger partial charge is 0.410 e. The molecule has 4 nitrogen and oxygen atoms in total. The number of anilines is 1. The summed E-state index contributed by atoms with van der Waals surface area (Å²) in [5.74, 6) is 0.920. The van der Waals surface area contributed by atoms with Crippen LogP contribution in [0.2, 0.25) is 0 Å². The molecule has 0 fully saturated rings. The quantitative estimate of drug-likeness (QED) is 0.907. The summed E-state index contributed by atoms with van der Waals surface area (Å²) in [5, 5.41) is 3.39. The van der Waals surface area contributed by atoms with Gasteiger partial charge in [-0.15, -0.1) is 0 Å². The second-order valence-electron chi connectivity index (χ2n) is 4.25. The van der Waals surface area contributed by atoms with E-state index in [9.17, 15) is 4.79 Å². The number of aromatic nitrogens is 1. The predicted octanol–water partition coefficient (Wildman–Crippen LogP) is 4.27. The van der Waals surface area contributed by atoms with Gasteiger partial charge in [0.05, 0.1) is 5.69 Å². The number of rotatable bonds is 4. The molecule has 0 radical (unpaired) electrons. The number of ether oxygens (including phenoxy) is 1. The molecule has 1 aromatic heterocycles. The molecule has 0 bridgehead atoms. The van der Waals surface area contributed by atoms with Gasteiger partial charge < -0.3 is 4.74 Å². The van der Waals surface area contributed by atoms with Crippen LogP contribution in [0.5, 0.6) is 5.75 Å². The van der Waals surface area contributed by atoms with Crippen LogP contribution < -0.4 is 10.1 Å². The Morgan fingerprint density at radius 2 is 2.16 bits per heavy atom. The van der Waals surface area contributed by atoms with Gasteiger partial charge in [-0.3, -0.25) is 5.32 Å². The zero-order valence-corrected chi connectivity index (χ0v) is 11.7. The van der Waals surface area contributed by atoms with Crippen LogP contribution in [0.1, 0.15) is 31.9 Å². The largest absolute Gasteiger partial charge is 0.417 e. The highest BCUT2D eigenvalue weighted by molar-refractivity contribution is 7.10. The lowest BCUT2D eigenvalue weighted by molar-refractivity contribution is 0.215. The number of benzene rings is 1. The Morgan fingerprint density at radius 1 is 1.42 bits per heavy atom. The first kappa shape index (κ1) is 13.5. The number of para-hydroxylation sites is 1. The van der Waals surface area contributed by atoms with Crippen LogP contribution in [0.25, 0.3) is 0 Å². The SMILES string of the molecule is CCC(C)c1cc(NC(=O)Oc2ccccc2)sn1. The monoisotopic (exact) mass is 276 g/mol. The van der Waals surface area contributed by atoms with Crippen LogP contribution in [0.15, 0.2) is 36.4 Å². The van der Waals surface area contributed by atoms with Crippen molar-refractivity contribution in [2.75, 3.05) is 5.32 Å². The zero-order valence-electron chi connectivity index (χ0n) is 10.9. The van der Waals surface area contributed by atoms with E-state index in [0.29, 0.717) is 16.7 Å². The molecule has 0 aliphatic heterocycles. The van der Waals surface area contributed by atoms with Crippen molar-refractivity contribution >= 4 is 22.6 Å². The van der Waals surface area contributed by atoms with Gasteiger partial charge in [-0.05, 0) is 42.1 Å². The minimum Gasteiger partial charge on any atom is -0.410 e. The van der Waals surface area contributed by atoms with Gasteiger partial charge >= 0.3 is 6.09 Å². The van der Waals surface area contributed by atoms with E-state index < -0.39 is 6.09 Å². The van der Waals surface area contributed by atoms with E-state index in [1.807, 2.05) is 24.3 Å². The number of hydrogen-bond donors (Lipinski definition) is 1. The third-order valence-corrected chi connectivity index (χ3v) is 3.54. The third kappa shape index (κ3) is 3.79. The van der Waals surface area contributed by atoms with Crippen LogP contribution in [0, 0.1) is 0 Å². The van der Waals surface area contributed by atoms with E-state index in [0.717, 1.165) is 12.1 Å². The first-order valence-electron chi connectivity index (χ1n) is 6.19. The molecular formula is C14H16N2O2S. The topological polar surface area (TPSA) is 51.2 Å². The van der Waals surface area contributed by atoms with Crippen LogP contribution in [0.3, 0.4) is 0 Å². The number of nitrogens with one attached hydrogen (secondary N) is 1. The Balaban J connectivity index is 1.94. The molecule has 0 aliphatic carbocycles. The number of amides is 1. The van der Waals surface area contributed by atoms with E-state index in [1.54, 1.807) is 12.1 Å². The summed E-state index contributed by atoms with van der Waals surface area (Å²) in [6, 6.07) is 10.9. The third-order valence-electron chi connectivity index (χ3n) is 2.82. The Labute approximate surface area is 116 Å². The average molecular weight is 276 g/mol. The van der Waals surface area contributed by atoms with Crippen molar-refractivity contribution in [3.63, 3.8) is 0 Å². The van der Waals surface area contributed by atoms with Gasteiger partial charge in [0.15, 0.2) is 0 Å². The second-order valence-corrected chi connectivity index (χ2v) is 5.06. The summed E-state index contributed by atoms with van der Waals surface area (Å²) in [4.78, 5) is 11.7. The molecule has 2 aromatic rings. The Bertz CT molecular complexity index is 539. The van der Waals surface area contributed by atoms with Crippen LogP contribution >= 0.6 is 11.5 Å². The summed E-state index contributed by atoms with van der Waals surface area (Å²) in [7, 11) is 0. The Morgan fingerprint density at radius 3 is 2.84 bits per heavy atom. The summed E-state index contributed by atoms with van der Waals surface area (Å²) in [5.41, 5.74) is 1.00. The molecule has 0 saturated heterocycles. The molecule has 2 rings (SSSR count). The molecule has 100 valence electrons. The lowest BCUT2D eigenvalue weighted by Crippen LogP contribution is -2.15. The first-order chi connectivity index (χ1) is 9.19. The van der Waals surface area contributed by atoms with Gasteiger partial charge in [0.1, 0.15) is 10.8 Å². The number of nitrogens with zero attached hydrogens (tertiary/aromatic N) is 1. The maximum atomic E-state index is 11.7. The lowest BCUT2D eigenvalue weighted by atomic mass is 10.1. The predicted molar refractivity (Wildman–Crippen MR) is 76.9 cm³/mol. The summed E-state index contributed by atoms with van der Waals surface area (Å²) < 4.78 is 9.46. The fraction of sp³-hybridized carbons (Fsp3) is 0.286. The zero-order chi connectivity index (χ0) is 13.7. The minimum absolute atomic E-state index is 0.400. The second kappa shape index (κ2) is 6.33. The molecule has 1 aromatic carbocycles. The van der Waals surface area contributed by atoms with E-state index in [4.69, 9.17) is 4.74 Å². The molecule has 0 saturated carbocycles. The van der Waals surface area contributed by atoms with Gasteiger partial charge in [-0.25, -0.2) is 4.79 Å². The first-order valence-corrected chi connectivity index (χ1v) is 6.97. The lowest BCUT2D eigenvalue weighted by Gasteiger charge is -2.04. The van der Waals surface area contributed by atoms with E-state index in [1.165, 1.54) is 11.5 Å². The number of carbonyl (C=O) groups excluding carboxylic acids is 1. The normalized spacial score (nSPS) is 11.9. The van der Waals surface area contributed by atoms with Crippen molar-refractivity contribution in [1.29, 1.82) is 0 Å². The van der Waals surface area contributed by atoms with E-state index in [-0.39, 0.29) is 0 Å². The number of hydrogen-bond acceptors (Lipinski definition) is 4. The molecule has 0 spiro atoms. The van der Waals surface area contributed by atoms with Crippen molar-refractivity contribution in [2.45, 2.75) is 26.2 Å². The highest BCUT2D eigenvalue weighted by Crippen LogP contribution is 2.24. The van der Waals surface area contributed by atoms with Crippen molar-refractivity contribution in [3.8, 4) is 5.75 Å². The molecule has 19 heavy (non-hydrogen) atoms. The van der Waals surface area contributed by atoms with Crippen LogP contribution in [-0.4, -0.2) is 10.5 Å². The highest BCUT2D eigenvalue weighted by atomic mass is 32.1. The average Bonchev–Trinajstić information content (AvgIpc) is 2.87. The summed E-state index contributed by atoms with van der Waals surface area (Å²) in [6.07, 6.45) is 0.531. The van der Waals surface area contributed by atoms with Crippen LogP contribution in [-0.2, 0) is 0 Å². The Hall–Kier alpha value is -1.88. The standard InChI is InChI=1S/C14H16N2O2S/c1-3-10(2)12-9-13(19-16-12)15-14(17)18-11-7-5-4-6-8-11/h4-10H,3H2,1-2H3,(H,15,17). The van der Waals surface area contributed by atoms with Gasteiger partial charge in [0.25, 0.3) is 0 Å². The highest BCUT2D eigenvalue weighted by Gasteiger charge is 2.11. The van der Waals surface area contributed by atoms with Gasteiger partial charge in [-0.2, -0.15) is 4.37 Å². The molecule has 1 heterocycles. The number of carbonyl (C=O) groups is 1. The van der Waals surface area contributed by atoms with Gasteiger partial charge in [0.2, 0.25) is 0 Å². The van der Waals surface area contributed by atoms with E-state index in [2.05, 4.69) is 23.5 Å². The van der Waals surface area contributed by atoms with E-state index >= 15 is 0 Å². The molecule has 1 atom stereocenters. The van der Waals surface area contributed by atoms with Crippen molar-refractivity contribution in [3.05, 3.63) is 42.1 Å². The summed E-state index contributed by atoms with van der Waals surface area (Å²) >= 11 is 1.27. The Kier molecular flexibility index (Phi) is 4.52.